The molecule has 0 saturated carbocycles. The van der Waals surface area contributed by atoms with Crippen LogP contribution in [0.5, 0.6) is 11.5 Å². The highest BCUT2D eigenvalue weighted by Crippen LogP contribution is 2.29. The lowest BCUT2D eigenvalue weighted by molar-refractivity contribution is 0.266. The van der Waals surface area contributed by atoms with Gasteiger partial charge in [-0.2, -0.15) is 5.10 Å². The number of halogens is 1. The van der Waals surface area contributed by atoms with E-state index >= 15 is 0 Å². The van der Waals surface area contributed by atoms with E-state index in [0.29, 0.717) is 35.8 Å². The van der Waals surface area contributed by atoms with Crippen molar-refractivity contribution in [3.8, 4) is 11.5 Å². The second-order valence-corrected chi connectivity index (χ2v) is 6.33. The number of ether oxygens (including phenoxy) is 2. The van der Waals surface area contributed by atoms with Gasteiger partial charge in [-0.25, -0.2) is 14.8 Å². The monoisotopic (exact) mass is 410 g/mol. The third kappa shape index (κ3) is 5.66. The van der Waals surface area contributed by atoms with Gasteiger partial charge in [0.05, 0.1) is 12.8 Å². The minimum Gasteiger partial charge on any atom is -0.490 e. The van der Waals surface area contributed by atoms with Crippen LogP contribution in [0.25, 0.3) is 0 Å². The summed E-state index contributed by atoms with van der Waals surface area (Å²) in [6, 6.07) is 13.2. The van der Waals surface area contributed by atoms with Crippen molar-refractivity contribution in [2.45, 2.75) is 26.9 Å². The van der Waals surface area contributed by atoms with Crippen molar-refractivity contribution < 1.29 is 13.9 Å². The molecule has 0 saturated heterocycles. The molecule has 0 aliphatic heterocycles. The van der Waals surface area contributed by atoms with Gasteiger partial charge in [0, 0.05) is 17.3 Å². The average Bonchev–Trinajstić information content (AvgIpc) is 2.74. The third-order valence-electron chi connectivity index (χ3n) is 4.15. The zero-order valence-electron chi connectivity index (χ0n) is 16.8. The van der Waals surface area contributed by atoms with E-state index in [2.05, 4.69) is 20.5 Å². The standard InChI is InChI=1S/C22H23FN4O3/c1-3-17-12-21(28)26-22(25-17)27-24-13-15-9-10-19(20(11-15)29-4-2)30-14-16-7-5-6-8-18(16)23/h5-13H,3-4,14H2,1-2H3,(H2,25,26,27,28)/b24-13-. The Morgan fingerprint density at radius 3 is 2.73 bits per heavy atom. The van der Waals surface area contributed by atoms with Gasteiger partial charge < -0.3 is 9.47 Å². The van der Waals surface area contributed by atoms with Crippen LogP contribution in [0.4, 0.5) is 10.3 Å². The molecule has 3 aromatic rings. The van der Waals surface area contributed by atoms with Gasteiger partial charge in [0.25, 0.3) is 5.56 Å². The molecule has 0 amide bonds. The average molecular weight is 410 g/mol. The molecule has 8 heteroatoms. The SMILES string of the molecule is CCOc1cc(/C=N\Nc2nc(CC)cc(=O)[nH]2)ccc1OCc1ccccc1F. The van der Waals surface area contributed by atoms with Crippen molar-refractivity contribution in [2.75, 3.05) is 12.0 Å². The van der Waals surface area contributed by atoms with Crippen molar-refractivity contribution in [2.24, 2.45) is 5.10 Å². The fourth-order valence-electron chi connectivity index (χ4n) is 2.67. The molecule has 2 N–H and O–H groups in total. The molecule has 0 bridgehead atoms. The van der Waals surface area contributed by atoms with Gasteiger partial charge in [-0.1, -0.05) is 25.1 Å². The quantitative estimate of drug-likeness (QED) is 0.413. The Balaban J connectivity index is 1.71. The van der Waals surface area contributed by atoms with Crippen molar-refractivity contribution in [3.63, 3.8) is 0 Å². The molecule has 1 heterocycles. The van der Waals surface area contributed by atoms with E-state index in [1.54, 1.807) is 42.6 Å². The number of nitrogens with zero attached hydrogens (tertiary/aromatic N) is 2. The summed E-state index contributed by atoms with van der Waals surface area (Å²) in [6.07, 6.45) is 2.22. The summed E-state index contributed by atoms with van der Waals surface area (Å²) in [6.45, 7) is 4.32. The van der Waals surface area contributed by atoms with Crippen LogP contribution >= 0.6 is 0 Å². The van der Waals surface area contributed by atoms with Gasteiger partial charge in [0.15, 0.2) is 11.5 Å². The molecule has 0 fully saturated rings. The summed E-state index contributed by atoms with van der Waals surface area (Å²) < 4.78 is 25.2. The summed E-state index contributed by atoms with van der Waals surface area (Å²) >= 11 is 0. The van der Waals surface area contributed by atoms with E-state index in [-0.39, 0.29) is 23.9 Å². The molecule has 7 nitrogen and oxygen atoms in total. The Labute approximate surface area is 173 Å². The van der Waals surface area contributed by atoms with Gasteiger partial charge >= 0.3 is 0 Å². The number of benzene rings is 2. The Hall–Kier alpha value is -3.68. The minimum atomic E-state index is -0.316. The molecule has 0 spiro atoms. The molecule has 30 heavy (non-hydrogen) atoms. The number of hydrogen-bond acceptors (Lipinski definition) is 6. The second-order valence-electron chi connectivity index (χ2n) is 6.33. The Kier molecular flexibility index (Phi) is 7.15. The summed E-state index contributed by atoms with van der Waals surface area (Å²) in [4.78, 5) is 18.4. The van der Waals surface area contributed by atoms with Gasteiger partial charge in [-0.3, -0.25) is 9.78 Å². The van der Waals surface area contributed by atoms with E-state index < -0.39 is 0 Å². The fourth-order valence-corrected chi connectivity index (χ4v) is 2.67. The van der Waals surface area contributed by atoms with E-state index in [4.69, 9.17) is 9.47 Å². The molecule has 2 aromatic carbocycles. The lowest BCUT2D eigenvalue weighted by Crippen LogP contribution is -2.11. The highest BCUT2D eigenvalue weighted by atomic mass is 19.1. The number of H-pyrrole nitrogens is 1. The number of aryl methyl sites for hydroxylation is 1. The summed E-state index contributed by atoms with van der Waals surface area (Å²) in [5, 5.41) is 4.11. The number of rotatable bonds is 9. The highest BCUT2D eigenvalue weighted by Gasteiger charge is 2.08. The summed E-state index contributed by atoms with van der Waals surface area (Å²) in [5.41, 5.74) is 4.36. The Bertz CT molecular complexity index is 1080. The molecule has 3 rings (SSSR count). The van der Waals surface area contributed by atoms with Gasteiger partial charge in [0.2, 0.25) is 5.95 Å². The molecular weight excluding hydrogens is 387 g/mol. The topological polar surface area (TPSA) is 88.6 Å². The van der Waals surface area contributed by atoms with Crippen LogP contribution in [0, 0.1) is 5.82 Å². The second kappa shape index (κ2) is 10.2. The molecule has 0 radical (unpaired) electrons. The van der Waals surface area contributed by atoms with Crippen LogP contribution in [-0.2, 0) is 13.0 Å². The zero-order chi connectivity index (χ0) is 21.3. The van der Waals surface area contributed by atoms with Gasteiger partial charge in [-0.15, -0.1) is 0 Å². The van der Waals surface area contributed by atoms with Crippen LogP contribution in [0.2, 0.25) is 0 Å². The minimum absolute atomic E-state index is 0.0918. The maximum absolute atomic E-state index is 13.8. The summed E-state index contributed by atoms with van der Waals surface area (Å²) in [5.74, 6) is 0.985. The number of hydrogen-bond donors (Lipinski definition) is 2. The first-order chi connectivity index (χ1) is 14.6. The van der Waals surface area contributed by atoms with E-state index in [0.717, 1.165) is 5.56 Å². The number of aromatic amines is 1. The largest absolute Gasteiger partial charge is 0.490 e. The molecule has 156 valence electrons. The van der Waals surface area contributed by atoms with Gasteiger partial charge in [-0.05, 0) is 43.2 Å². The smallest absolute Gasteiger partial charge is 0.252 e. The predicted molar refractivity (Wildman–Crippen MR) is 114 cm³/mol. The first-order valence-corrected chi connectivity index (χ1v) is 9.61. The maximum Gasteiger partial charge on any atom is 0.252 e. The zero-order valence-corrected chi connectivity index (χ0v) is 16.8. The number of hydrazone groups is 1. The van der Waals surface area contributed by atoms with Crippen LogP contribution in [0.3, 0.4) is 0 Å². The fraction of sp³-hybridized carbons (Fsp3) is 0.227. The normalized spacial score (nSPS) is 10.9. The number of aromatic nitrogens is 2. The van der Waals surface area contributed by atoms with E-state index in [9.17, 15) is 9.18 Å². The van der Waals surface area contributed by atoms with Crippen molar-refractivity contribution >= 4 is 12.2 Å². The first kappa shape index (κ1) is 21.0. The summed E-state index contributed by atoms with van der Waals surface area (Å²) in [7, 11) is 0. The lowest BCUT2D eigenvalue weighted by Gasteiger charge is -2.13. The van der Waals surface area contributed by atoms with Crippen LogP contribution in [-0.4, -0.2) is 22.8 Å². The Morgan fingerprint density at radius 2 is 1.97 bits per heavy atom. The molecular formula is C22H23FN4O3. The Morgan fingerprint density at radius 1 is 1.13 bits per heavy atom. The van der Waals surface area contributed by atoms with E-state index in [1.165, 1.54) is 12.1 Å². The van der Waals surface area contributed by atoms with Crippen molar-refractivity contribution in [3.05, 3.63) is 81.5 Å². The molecule has 0 unspecified atom stereocenters. The van der Waals surface area contributed by atoms with Crippen LogP contribution < -0.4 is 20.5 Å². The van der Waals surface area contributed by atoms with Crippen molar-refractivity contribution in [1.82, 2.24) is 9.97 Å². The van der Waals surface area contributed by atoms with Crippen LogP contribution in [0.1, 0.15) is 30.7 Å². The lowest BCUT2D eigenvalue weighted by atomic mass is 10.2. The van der Waals surface area contributed by atoms with Crippen LogP contribution in [0.15, 0.2) is 58.4 Å². The molecule has 0 aliphatic carbocycles. The first-order valence-electron chi connectivity index (χ1n) is 9.61. The van der Waals surface area contributed by atoms with Gasteiger partial charge in [0.1, 0.15) is 12.4 Å². The highest BCUT2D eigenvalue weighted by molar-refractivity contribution is 5.81. The van der Waals surface area contributed by atoms with Crippen molar-refractivity contribution in [1.29, 1.82) is 0 Å². The third-order valence-corrected chi connectivity index (χ3v) is 4.15. The number of anilines is 1. The molecule has 1 aromatic heterocycles. The maximum atomic E-state index is 13.8. The molecule has 0 atom stereocenters. The van der Waals surface area contributed by atoms with E-state index in [1.807, 2.05) is 13.8 Å². The molecule has 0 aliphatic rings. The predicted octanol–water partition coefficient (Wildman–Crippen LogP) is 3.90. The number of nitrogens with one attached hydrogen (secondary N) is 2.